The summed E-state index contributed by atoms with van der Waals surface area (Å²) < 4.78 is 2.25. The maximum absolute atomic E-state index is 6.10. The highest BCUT2D eigenvalue weighted by Crippen LogP contribution is 2.15. The predicted molar refractivity (Wildman–Crippen MR) is 121 cm³/mol. The van der Waals surface area contributed by atoms with Crippen LogP contribution in [0.2, 0.25) is 5.02 Å². The second kappa shape index (κ2) is 10.8. The van der Waals surface area contributed by atoms with Crippen molar-refractivity contribution in [2.45, 2.75) is 52.2 Å². The van der Waals surface area contributed by atoms with Gasteiger partial charge >= 0.3 is 0 Å². The van der Waals surface area contributed by atoms with Gasteiger partial charge in [0.05, 0.1) is 0 Å². The van der Waals surface area contributed by atoms with Gasteiger partial charge in [-0.25, -0.2) is 4.99 Å². The SMILES string of the molecule is CCNC(=NCc1nnc2n1CCCCC2)N(C)Cc1cccc(Cl)c1.I. The normalized spacial score (nSPS) is 14.1. The molecule has 0 saturated heterocycles. The van der Waals surface area contributed by atoms with Crippen LogP contribution in [-0.2, 0) is 26.1 Å². The van der Waals surface area contributed by atoms with Crippen LogP contribution in [0.4, 0.5) is 0 Å². The van der Waals surface area contributed by atoms with E-state index in [1.54, 1.807) is 0 Å². The summed E-state index contributed by atoms with van der Waals surface area (Å²) in [5.74, 6) is 2.91. The number of guanidine groups is 1. The molecule has 0 aliphatic carbocycles. The lowest BCUT2D eigenvalue weighted by Crippen LogP contribution is -2.38. The zero-order valence-corrected chi connectivity index (χ0v) is 19.1. The fourth-order valence-electron chi connectivity index (χ4n) is 3.26. The molecule has 0 amide bonds. The topological polar surface area (TPSA) is 58.3 Å². The van der Waals surface area contributed by atoms with Gasteiger partial charge in [-0.05, 0) is 37.5 Å². The molecular formula is C19H28ClIN6. The molecule has 2 aromatic rings. The lowest BCUT2D eigenvalue weighted by Gasteiger charge is -2.22. The van der Waals surface area contributed by atoms with Crippen LogP contribution in [0.5, 0.6) is 0 Å². The Balaban J connectivity index is 0.00000261. The van der Waals surface area contributed by atoms with Crippen LogP contribution < -0.4 is 5.32 Å². The highest BCUT2D eigenvalue weighted by molar-refractivity contribution is 14.0. The van der Waals surface area contributed by atoms with Crippen molar-refractivity contribution in [3.63, 3.8) is 0 Å². The third kappa shape index (κ3) is 6.07. The summed E-state index contributed by atoms with van der Waals surface area (Å²) in [6.07, 6.45) is 4.67. The molecule has 0 saturated carbocycles. The van der Waals surface area contributed by atoms with Gasteiger partial charge in [-0.15, -0.1) is 34.2 Å². The number of rotatable bonds is 5. The van der Waals surface area contributed by atoms with Crippen LogP contribution >= 0.6 is 35.6 Å². The van der Waals surface area contributed by atoms with E-state index >= 15 is 0 Å². The molecule has 1 aliphatic rings. The number of halogens is 2. The van der Waals surface area contributed by atoms with Gasteiger partial charge in [0, 0.05) is 38.1 Å². The largest absolute Gasteiger partial charge is 0.357 e. The van der Waals surface area contributed by atoms with E-state index in [1.165, 1.54) is 19.3 Å². The van der Waals surface area contributed by atoms with Gasteiger partial charge < -0.3 is 14.8 Å². The van der Waals surface area contributed by atoms with Crippen molar-refractivity contribution in [1.82, 2.24) is 25.0 Å². The van der Waals surface area contributed by atoms with E-state index < -0.39 is 0 Å². The van der Waals surface area contributed by atoms with Crippen LogP contribution in [0.15, 0.2) is 29.3 Å². The fourth-order valence-corrected chi connectivity index (χ4v) is 3.47. The van der Waals surface area contributed by atoms with Crippen LogP contribution in [0.25, 0.3) is 0 Å². The van der Waals surface area contributed by atoms with Gasteiger partial charge in [0.25, 0.3) is 0 Å². The van der Waals surface area contributed by atoms with Gasteiger partial charge in [0.1, 0.15) is 12.4 Å². The molecule has 0 fully saturated rings. The minimum absolute atomic E-state index is 0. The van der Waals surface area contributed by atoms with E-state index in [4.69, 9.17) is 16.6 Å². The van der Waals surface area contributed by atoms with E-state index in [2.05, 4.69) is 38.0 Å². The number of nitrogens with one attached hydrogen (secondary N) is 1. The standard InChI is InChI=1S/C19H27ClN6.HI/c1-3-21-19(25(2)14-15-8-7-9-16(20)12-15)22-13-18-24-23-17-10-5-4-6-11-26(17)18;/h7-9,12H,3-6,10-11,13-14H2,1-2H3,(H,21,22);1H. The molecule has 0 atom stereocenters. The number of nitrogens with zero attached hydrogens (tertiary/aromatic N) is 5. The number of hydrogen-bond acceptors (Lipinski definition) is 3. The van der Waals surface area contributed by atoms with Crippen molar-refractivity contribution < 1.29 is 0 Å². The first-order valence-electron chi connectivity index (χ1n) is 9.32. The zero-order chi connectivity index (χ0) is 18.4. The lowest BCUT2D eigenvalue weighted by atomic mass is 10.2. The number of aryl methyl sites for hydroxylation is 1. The molecule has 27 heavy (non-hydrogen) atoms. The van der Waals surface area contributed by atoms with Crippen molar-refractivity contribution in [2.24, 2.45) is 4.99 Å². The summed E-state index contributed by atoms with van der Waals surface area (Å²) in [6, 6.07) is 7.92. The molecule has 3 rings (SSSR count). The van der Waals surface area contributed by atoms with Crippen molar-refractivity contribution in [1.29, 1.82) is 0 Å². The van der Waals surface area contributed by atoms with Crippen LogP contribution in [0.1, 0.15) is 43.4 Å². The fraction of sp³-hybridized carbons (Fsp3) is 0.526. The Morgan fingerprint density at radius 3 is 2.93 bits per heavy atom. The van der Waals surface area contributed by atoms with Crippen molar-refractivity contribution >= 4 is 41.5 Å². The Bertz CT molecular complexity index is 760. The molecule has 6 nitrogen and oxygen atoms in total. The Kier molecular flexibility index (Phi) is 8.82. The number of hydrogen-bond donors (Lipinski definition) is 1. The quantitative estimate of drug-likeness (QED) is 0.383. The monoisotopic (exact) mass is 502 g/mol. The highest BCUT2D eigenvalue weighted by Gasteiger charge is 2.15. The highest BCUT2D eigenvalue weighted by atomic mass is 127. The molecule has 8 heteroatoms. The molecule has 148 valence electrons. The maximum atomic E-state index is 6.10. The summed E-state index contributed by atoms with van der Waals surface area (Å²) in [6.45, 7) is 5.17. The second-order valence-electron chi connectivity index (χ2n) is 6.65. The minimum atomic E-state index is 0. The number of fused-ring (bicyclic) bond motifs is 1. The predicted octanol–water partition coefficient (Wildman–Crippen LogP) is 3.87. The van der Waals surface area contributed by atoms with Crippen molar-refractivity contribution in [2.75, 3.05) is 13.6 Å². The Morgan fingerprint density at radius 2 is 2.15 bits per heavy atom. The molecule has 0 unspecified atom stereocenters. The van der Waals surface area contributed by atoms with Crippen molar-refractivity contribution in [3.05, 3.63) is 46.5 Å². The Morgan fingerprint density at radius 1 is 1.30 bits per heavy atom. The first-order valence-corrected chi connectivity index (χ1v) is 9.70. The molecule has 0 radical (unpaired) electrons. The van der Waals surface area contributed by atoms with E-state index in [9.17, 15) is 0 Å². The van der Waals surface area contributed by atoms with E-state index in [0.717, 1.165) is 54.2 Å². The van der Waals surface area contributed by atoms with Gasteiger partial charge in [0.2, 0.25) is 0 Å². The molecule has 2 heterocycles. The summed E-state index contributed by atoms with van der Waals surface area (Å²) in [7, 11) is 2.03. The summed E-state index contributed by atoms with van der Waals surface area (Å²) >= 11 is 6.10. The molecule has 1 aliphatic heterocycles. The molecular weight excluding hydrogens is 475 g/mol. The average molecular weight is 503 g/mol. The molecule has 0 bridgehead atoms. The number of benzene rings is 1. The summed E-state index contributed by atoms with van der Waals surface area (Å²) in [5, 5.41) is 12.8. The van der Waals surface area contributed by atoms with Crippen LogP contribution in [0.3, 0.4) is 0 Å². The van der Waals surface area contributed by atoms with Gasteiger partial charge in [-0.1, -0.05) is 30.2 Å². The van der Waals surface area contributed by atoms with E-state index in [0.29, 0.717) is 6.54 Å². The first kappa shape index (κ1) is 21.9. The lowest BCUT2D eigenvalue weighted by molar-refractivity contribution is 0.475. The van der Waals surface area contributed by atoms with Crippen molar-refractivity contribution in [3.8, 4) is 0 Å². The second-order valence-corrected chi connectivity index (χ2v) is 7.09. The third-order valence-electron chi connectivity index (χ3n) is 4.56. The minimum Gasteiger partial charge on any atom is -0.357 e. The maximum Gasteiger partial charge on any atom is 0.194 e. The average Bonchev–Trinajstić information content (AvgIpc) is 2.85. The van der Waals surface area contributed by atoms with E-state index in [1.807, 2.05) is 25.2 Å². The smallest absolute Gasteiger partial charge is 0.194 e. The van der Waals surface area contributed by atoms with Gasteiger partial charge in [-0.2, -0.15) is 0 Å². The Hall–Kier alpha value is -1.35. The van der Waals surface area contributed by atoms with Crippen LogP contribution in [0, 0.1) is 0 Å². The van der Waals surface area contributed by atoms with Gasteiger partial charge in [0.15, 0.2) is 11.8 Å². The number of aromatic nitrogens is 3. The van der Waals surface area contributed by atoms with E-state index in [-0.39, 0.29) is 24.0 Å². The molecule has 0 spiro atoms. The van der Waals surface area contributed by atoms with Crippen LogP contribution in [-0.4, -0.2) is 39.2 Å². The first-order chi connectivity index (χ1) is 12.7. The molecule has 1 aromatic carbocycles. The number of aliphatic imine (C=N–C) groups is 1. The third-order valence-corrected chi connectivity index (χ3v) is 4.80. The summed E-state index contributed by atoms with van der Waals surface area (Å²) in [5.41, 5.74) is 1.15. The van der Waals surface area contributed by atoms with Gasteiger partial charge in [-0.3, -0.25) is 0 Å². The zero-order valence-electron chi connectivity index (χ0n) is 16.0. The Labute approximate surface area is 183 Å². The molecule has 1 N–H and O–H groups in total. The molecule has 1 aromatic heterocycles. The summed E-state index contributed by atoms with van der Waals surface area (Å²) in [4.78, 5) is 6.89.